The zero-order valence-corrected chi connectivity index (χ0v) is 18.5. The highest BCUT2D eigenvalue weighted by Gasteiger charge is 2.28. The molecule has 0 unspecified atom stereocenters. The number of ether oxygens (including phenoxy) is 1. The van der Waals surface area contributed by atoms with Gasteiger partial charge in [-0.1, -0.05) is 12.1 Å². The van der Waals surface area contributed by atoms with Gasteiger partial charge in [0.25, 0.3) is 0 Å². The van der Waals surface area contributed by atoms with E-state index in [1.54, 1.807) is 36.7 Å². The maximum Gasteiger partial charge on any atom is 0.422 e. The highest BCUT2D eigenvalue weighted by Crippen LogP contribution is 2.19. The van der Waals surface area contributed by atoms with Crippen LogP contribution in [-0.4, -0.2) is 42.7 Å². The summed E-state index contributed by atoms with van der Waals surface area (Å²) in [5.41, 5.74) is 1.37. The Hall–Kier alpha value is -2.57. The summed E-state index contributed by atoms with van der Waals surface area (Å²) in [7, 11) is 0. The Kier molecular flexibility index (Phi) is 10.9. The molecule has 0 aliphatic carbocycles. The summed E-state index contributed by atoms with van der Waals surface area (Å²) in [4.78, 5) is 20.3. The molecule has 30 heavy (non-hydrogen) atoms. The highest BCUT2D eigenvalue weighted by atomic mass is 127. The van der Waals surface area contributed by atoms with E-state index in [0.717, 1.165) is 5.56 Å². The van der Waals surface area contributed by atoms with Crippen molar-refractivity contribution in [2.75, 3.05) is 25.0 Å². The summed E-state index contributed by atoms with van der Waals surface area (Å²) in [6.07, 6.45) is -1.23. The molecule has 1 heterocycles. The van der Waals surface area contributed by atoms with Crippen molar-refractivity contribution in [2.45, 2.75) is 19.6 Å². The zero-order valence-electron chi connectivity index (χ0n) is 16.2. The predicted octanol–water partition coefficient (Wildman–Crippen LogP) is 3.33. The van der Waals surface area contributed by atoms with Gasteiger partial charge in [-0.25, -0.2) is 4.99 Å². The number of aliphatic imine (C=N–C) groups is 1. The van der Waals surface area contributed by atoms with E-state index in [4.69, 9.17) is 0 Å². The summed E-state index contributed by atoms with van der Waals surface area (Å²) in [5, 5.41) is 8.63. The van der Waals surface area contributed by atoms with Gasteiger partial charge in [0.05, 0.1) is 25.0 Å². The number of carbonyl (C=O) groups is 1. The maximum atomic E-state index is 12.2. The molecule has 0 spiro atoms. The fraction of sp³-hybridized carbons (Fsp3) is 0.316. The van der Waals surface area contributed by atoms with Crippen molar-refractivity contribution in [2.24, 2.45) is 4.99 Å². The molecule has 164 valence electrons. The van der Waals surface area contributed by atoms with E-state index in [1.165, 1.54) is 12.1 Å². The van der Waals surface area contributed by atoms with Crippen molar-refractivity contribution in [3.8, 4) is 5.75 Å². The second-order valence-electron chi connectivity index (χ2n) is 5.89. The van der Waals surface area contributed by atoms with Crippen LogP contribution in [0.1, 0.15) is 12.5 Å². The van der Waals surface area contributed by atoms with Crippen molar-refractivity contribution in [3.63, 3.8) is 0 Å². The summed E-state index contributed by atoms with van der Waals surface area (Å²) in [5.74, 6) is 0.313. The van der Waals surface area contributed by atoms with Gasteiger partial charge in [-0.3, -0.25) is 9.78 Å². The number of halogens is 4. The smallest absolute Gasteiger partial charge is 0.422 e. The first-order chi connectivity index (χ1) is 13.9. The van der Waals surface area contributed by atoms with E-state index in [9.17, 15) is 18.0 Å². The zero-order chi connectivity index (χ0) is 21.1. The number of hydrogen-bond donors (Lipinski definition) is 3. The standard InChI is InChI=1S/C19H22F3N5O2.HI/c1-2-24-18(26-12-17(28)27-15-4-3-9-23-11-15)25-10-14-5-7-16(8-6-14)29-13-19(20,21)22;/h3-9,11H,2,10,12-13H2,1H3,(H,27,28)(H2,24,25,26);1H. The van der Waals surface area contributed by atoms with E-state index >= 15 is 0 Å². The Labute approximate surface area is 189 Å². The van der Waals surface area contributed by atoms with Gasteiger partial charge in [0.15, 0.2) is 12.6 Å². The molecule has 0 radical (unpaired) electrons. The van der Waals surface area contributed by atoms with Crippen LogP contribution in [0, 0.1) is 0 Å². The van der Waals surface area contributed by atoms with Crippen molar-refractivity contribution < 1.29 is 22.7 Å². The molecular weight excluding hydrogens is 514 g/mol. The van der Waals surface area contributed by atoms with Gasteiger partial charge >= 0.3 is 6.18 Å². The first kappa shape index (κ1) is 25.5. The van der Waals surface area contributed by atoms with Crippen LogP contribution in [0.25, 0.3) is 0 Å². The Morgan fingerprint density at radius 3 is 2.50 bits per heavy atom. The van der Waals surface area contributed by atoms with Gasteiger partial charge in [-0.15, -0.1) is 24.0 Å². The minimum atomic E-state index is -4.38. The lowest BCUT2D eigenvalue weighted by Gasteiger charge is -2.12. The number of rotatable bonds is 8. The molecule has 1 aromatic heterocycles. The highest BCUT2D eigenvalue weighted by molar-refractivity contribution is 14.0. The Morgan fingerprint density at radius 1 is 1.17 bits per heavy atom. The fourth-order valence-corrected chi connectivity index (χ4v) is 2.17. The molecule has 3 N–H and O–H groups in total. The Morgan fingerprint density at radius 2 is 1.90 bits per heavy atom. The molecular formula is C19H23F3IN5O2. The molecule has 1 amide bonds. The third-order valence-corrected chi connectivity index (χ3v) is 3.45. The van der Waals surface area contributed by atoms with Crippen LogP contribution < -0.4 is 20.7 Å². The summed E-state index contributed by atoms with van der Waals surface area (Å²) < 4.78 is 41.2. The molecule has 11 heteroatoms. The van der Waals surface area contributed by atoms with Crippen molar-refractivity contribution >= 4 is 41.5 Å². The Bertz CT molecular complexity index is 802. The number of amides is 1. The lowest BCUT2D eigenvalue weighted by atomic mass is 10.2. The van der Waals surface area contributed by atoms with E-state index in [0.29, 0.717) is 18.2 Å². The average Bonchev–Trinajstić information content (AvgIpc) is 2.69. The van der Waals surface area contributed by atoms with Crippen LogP contribution in [0.2, 0.25) is 0 Å². The van der Waals surface area contributed by atoms with Crippen LogP contribution in [0.3, 0.4) is 0 Å². The lowest BCUT2D eigenvalue weighted by molar-refractivity contribution is -0.153. The average molecular weight is 537 g/mol. The molecule has 0 aliphatic heterocycles. The Balaban J connectivity index is 0.00000450. The molecule has 0 atom stereocenters. The molecule has 0 fully saturated rings. The molecule has 1 aromatic carbocycles. The summed E-state index contributed by atoms with van der Waals surface area (Å²) >= 11 is 0. The number of guanidine groups is 1. The number of anilines is 1. The fourth-order valence-electron chi connectivity index (χ4n) is 2.17. The van der Waals surface area contributed by atoms with Gasteiger partial charge in [-0.2, -0.15) is 13.2 Å². The molecule has 0 saturated carbocycles. The first-order valence-electron chi connectivity index (χ1n) is 8.86. The topological polar surface area (TPSA) is 87.6 Å². The quantitative estimate of drug-likeness (QED) is 0.273. The minimum Gasteiger partial charge on any atom is -0.484 e. The second-order valence-corrected chi connectivity index (χ2v) is 5.89. The number of nitrogens with one attached hydrogen (secondary N) is 3. The summed E-state index contributed by atoms with van der Waals surface area (Å²) in [6.45, 7) is 1.43. The van der Waals surface area contributed by atoms with Gasteiger partial charge in [0, 0.05) is 12.7 Å². The van der Waals surface area contributed by atoms with Crippen LogP contribution >= 0.6 is 24.0 Å². The molecule has 0 saturated heterocycles. The van der Waals surface area contributed by atoms with E-state index in [1.807, 2.05) is 6.92 Å². The van der Waals surface area contributed by atoms with Crippen molar-refractivity contribution in [3.05, 3.63) is 54.4 Å². The van der Waals surface area contributed by atoms with Gasteiger partial charge < -0.3 is 20.7 Å². The number of nitrogens with zero attached hydrogens (tertiary/aromatic N) is 2. The molecule has 2 rings (SSSR count). The maximum absolute atomic E-state index is 12.2. The van der Waals surface area contributed by atoms with Crippen molar-refractivity contribution in [1.29, 1.82) is 0 Å². The SMILES string of the molecule is CCNC(=NCc1ccc(OCC(F)(F)F)cc1)NCC(=O)Nc1cccnc1.I. The van der Waals surface area contributed by atoms with E-state index < -0.39 is 12.8 Å². The lowest BCUT2D eigenvalue weighted by Crippen LogP contribution is -2.41. The largest absolute Gasteiger partial charge is 0.484 e. The number of benzene rings is 1. The van der Waals surface area contributed by atoms with Gasteiger partial charge in [0.2, 0.25) is 5.91 Å². The number of aromatic nitrogens is 1. The molecule has 2 aromatic rings. The number of carbonyl (C=O) groups excluding carboxylic acids is 1. The molecule has 0 bridgehead atoms. The van der Waals surface area contributed by atoms with Crippen LogP contribution in [0.15, 0.2) is 53.8 Å². The van der Waals surface area contributed by atoms with Crippen LogP contribution in [-0.2, 0) is 11.3 Å². The predicted molar refractivity (Wildman–Crippen MR) is 119 cm³/mol. The monoisotopic (exact) mass is 537 g/mol. The summed E-state index contributed by atoms with van der Waals surface area (Å²) in [6, 6.07) is 9.62. The number of hydrogen-bond acceptors (Lipinski definition) is 4. The molecule has 7 nitrogen and oxygen atoms in total. The third-order valence-electron chi connectivity index (χ3n) is 3.45. The third kappa shape index (κ3) is 10.3. The normalized spacial score (nSPS) is 11.3. The second kappa shape index (κ2) is 12.9. The van der Waals surface area contributed by atoms with E-state index in [-0.39, 0.29) is 48.7 Å². The first-order valence-corrected chi connectivity index (χ1v) is 8.86. The molecule has 0 aliphatic rings. The number of alkyl halides is 3. The van der Waals surface area contributed by atoms with E-state index in [2.05, 4.69) is 30.7 Å². The number of pyridine rings is 1. The minimum absolute atomic E-state index is 0. The van der Waals surface area contributed by atoms with Crippen LogP contribution in [0.4, 0.5) is 18.9 Å². The van der Waals surface area contributed by atoms with Gasteiger partial charge in [0.1, 0.15) is 5.75 Å². The van der Waals surface area contributed by atoms with Crippen LogP contribution in [0.5, 0.6) is 5.75 Å². The van der Waals surface area contributed by atoms with Gasteiger partial charge in [-0.05, 0) is 36.8 Å². The van der Waals surface area contributed by atoms with Crippen molar-refractivity contribution in [1.82, 2.24) is 15.6 Å².